The van der Waals surface area contributed by atoms with Crippen LogP contribution < -0.4 is 10.1 Å². The summed E-state index contributed by atoms with van der Waals surface area (Å²) in [5, 5.41) is 2.74. The summed E-state index contributed by atoms with van der Waals surface area (Å²) in [5.41, 5.74) is 1.56. The van der Waals surface area contributed by atoms with E-state index in [0.717, 1.165) is 11.3 Å². The van der Waals surface area contributed by atoms with Gasteiger partial charge in [-0.25, -0.2) is 0 Å². The molecule has 0 aromatic heterocycles. The van der Waals surface area contributed by atoms with Gasteiger partial charge in [-0.1, -0.05) is 36.4 Å². The molecule has 1 atom stereocenters. The van der Waals surface area contributed by atoms with E-state index in [2.05, 4.69) is 5.32 Å². The van der Waals surface area contributed by atoms with Crippen LogP contribution in [0.4, 0.5) is 5.69 Å². The molecule has 0 fully saturated rings. The van der Waals surface area contributed by atoms with Crippen molar-refractivity contribution in [2.75, 3.05) is 11.1 Å². The normalized spacial score (nSPS) is 12.0. The van der Waals surface area contributed by atoms with Crippen molar-refractivity contribution in [2.45, 2.75) is 25.7 Å². The van der Waals surface area contributed by atoms with Crippen molar-refractivity contribution in [1.29, 1.82) is 0 Å². The number of amides is 1. The molecule has 5 heteroatoms. The van der Waals surface area contributed by atoms with E-state index in [1.807, 2.05) is 56.3 Å². The average Bonchev–Trinajstić information content (AvgIpc) is 2.49. The average molecular weight is 331 g/mol. The zero-order valence-corrected chi connectivity index (χ0v) is 14.1. The van der Waals surface area contributed by atoms with Gasteiger partial charge in [-0.3, -0.25) is 9.00 Å². The van der Waals surface area contributed by atoms with Gasteiger partial charge < -0.3 is 10.1 Å². The van der Waals surface area contributed by atoms with Crippen LogP contribution in [-0.2, 0) is 21.3 Å². The highest BCUT2D eigenvalue weighted by atomic mass is 32.2. The number of para-hydroxylation sites is 2. The van der Waals surface area contributed by atoms with Crippen molar-refractivity contribution in [2.24, 2.45) is 0 Å². The minimum atomic E-state index is -1.29. The second kappa shape index (κ2) is 8.48. The number of rotatable bonds is 7. The standard InChI is InChI=1S/C18H21NO3S/c1-14(2)22-17-11-7-6-8-15(17)12-23(21)13-18(20)19-16-9-4-3-5-10-16/h3-11,14H,12-13H2,1-2H3,(H,19,20)/t23-/m1/s1. The van der Waals surface area contributed by atoms with E-state index in [-0.39, 0.29) is 17.8 Å². The van der Waals surface area contributed by atoms with Crippen LogP contribution in [0.3, 0.4) is 0 Å². The van der Waals surface area contributed by atoms with Crippen molar-refractivity contribution in [3.63, 3.8) is 0 Å². The van der Waals surface area contributed by atoms with Crippen LogP contribution in [0, 0.1) is 0 Å². The fourth-order valence-corrected chi connectivity index (χ4v) is 3.13. The maximum absolute atomic E-state index is 12.2. The Kier molecular flexibility index (Phi) is 6.35. The SMILES string of the molecule is CC(C)Oc1ccccc1C[S@@](=O)CC(=O)Nc1ccccc1. The van der Waals surface area contributed by atoms with Crippen LogP contribution >= 0.6 is 0 Å². The summed E-state index contributed by atoms with van der Waals surface area (Å²) in [5.74, 6) is 0.729. The van der Waals surface area contributed by atoms with Crippen LogP contribution in [0.25, 0.3) is 0 Å². The Morgan fingerprint density at radius 2 is 1.74 bits per heavy atom. The Bertz CT molecular complexity index is 671. The Hall–Kier alpha value is -2.14. The second-order valence-corrected chi connectivity index (χ2v) is 6.87. The zero-order valence-electron chi connectivity index (χ0n) is 13.3. The molecule has 1 amide bonds. The van der Waals surface area contributed by atoms with Gasteiger partial charge in [-0.15, -0.1) is 0 Å². The van der Waals surface area contributed by atoms with Crippen molar-refractivity contribution < 1.29 is 13.7 Å². The first-order valence-corrected chi connectivity index (χ1v) is 8.98. The lowest BCUT2D eigenvalue weighted by molar-refractivity contribution is -0.113. The van der Waals surface area contributed by atoms with Gasteiger partial charge in [0.15, 0.2) is 0 Å². The Labute approximate surface area is 139 Å². The Morgan fingerprint density at radius 3 is 2.43 bits per heavy atom. The third kappa shape index (κ3) is 5.87. The first-order valence-electron chi connectivity index (χ1n) is 7.49. The van der Waals surface area contributed by atoms with Gasteiger partial charge in [0.1, 0.15) is 11.5 Å². The number of nitrogens with one attached hydrogen (secondary N) is 1. The molecule has 0 saturated heterocycles. The lowest BCUT2D eigenvalue weighted by Crippen LogP contribution is -2.20. The minimum Gasteiger partial charge on any atom is -0.491 e. The molecule has 0 spiro atoms. The Morgan fingerprint density at radius 1 is 1.09 bits per heavy atom. The van der Waals surface area contributed by atoms with Crippen molar-refractivity contribution in [3.8, 4) is 5.75 Å². The number of hydrogen-bond donors (Lipinski definition) is 1. The maximum atomic E-state index is 12.2. The molecule has 0 heterocycles. The first kappa shape index (κ1) is 17.2. The molecule has 0 aliphatic rings. The van der Waals surface area contributed by atoms with Crippen LogP contribution in [0.5, 0.6) is 5.75 Å². The van der Waals surface area contributed by atoms with Crippen LogP contribution in [-0.4, -0.2) is 22.0 Å². The maximum Gasteiger partial charge on any atom is 0.237 e. The third-order valence-corrected chi connectivity index (χ3v) is 4.22. The number of ether oxygens (including phenoxy) is 1. The van der Waals surface area contributed by atoms with E-state index in [1.165, 1.54) is 0 Å². The van der Waals surface area contributed by atoms with Gasteiger partial charge in [0.25, 0.3) is 0 Å². The topological polar surface area (TPSA) is 55.4 Å². The van der Waals surface area contributed by atoms with Crippen molar-refractivity contribution >= 4 is 22.4 Å². The lowest BCUT2D eigenvalue weighted by Gasteiger charge is -2.14. The van der Waals surface area contributed by atoms with E-state index in [9.17, 15) is 9.00 Å². The fourth-order valence-electron chi connectivity index (χ4n) is 2.08. The predicted octanol–water partition coefficient (Wildman–Crippen LogP) is 3.36. The number of carbonyl (C=O) groups is 1. The van der Waals surface area contributed by atoms with Crippen LogP contribution in [0.2, 0.25) is 0 Å². The van der Waals surface area contributed by atoms with Gasteiger partial charge in [-0.2, -0.15) is 0 Å². The van der Waals surface area contributed by atoms with E-state index in [0.29, 0.717) is 11.4 Å². The first-order chi connectivity index (χ1) is 11.0. The predicted molar refractivity (Wildman–Crippen MR) is 94.0 cm³/mol. The third-order valence-electron chi connectivity index (χ3n) is 3.00. The van der Waals surface area contributed by atoms with E-state index in [4.69, 9.17) is 4.74 Å². The molecular weight excluding hydrogens is 310 g/mol. The molecule has 2 rings (SSSR count). The summed E-state index contributed by atoms with van der Waals surface area (Å²) in [7, 11) is -1.29. The van der Waals surface area contributed by atoms with Gasteiger partial charge >= 0.3 is 0 Å². The number of carbonyl (C=O) groups excluding carboxylic acids is 1. The van der Waals surface area contributed by atoms with Gasteiger partial charge in [0.2, 0.25) is 5.91 Å². The highest BCUT2D eigenvalue weighted by molar-refractivity contribution is 7.85. The molecule has 0 radical (unpaired) electrons. The summed E-state index contributed by atoms with van der Waals surface area (Å²) >= 11 is 0. The quantitative estimate of drug-likeness (QED) is 0.846. The molecule has 0 saturated carbocycles. The van der Waals surface area contributed by atoms with Crippen LogP contribution in [0.1, 0.15) is 19.4 Å². The molecule has 0 aliphatic carbocycles. The fraction of sp³-hybridized carbons (Fsp3) is 0.278. The molecule has 2 aromatic rings. The largest absolute Gasteiger partial charge is 0.491 e. The van der Waals surface area contributed by atoms with Gasteiger partial charge in [-0.05, 0) is 32.0 Å². The highest BCUT2D eigenvalue weighted by Gasteiger charge is 2.12. The van der Waals surface area contributed by atoms with Gasteiger partial charge in [0, 0.05) is 22.1 Å². The molecule has 0 aliphatic heterocycles. The van der Waals surface area contributed by atoms with Crippen molar-refractivity contribution in [1.82, 2.24) is 0 Å². The number of benzene rings is 2. The smallest absolute Gasteiger partial charge is 0.237 e. The molecular formula is C18H21NO3S. The van der Waals surface area contributed by atoms with E-state index >= 15 is 0 Å². The van der Waals surface area contributed by atoms with Crippen LogP contribution in [0.15, 0.2) is 54.6 Å². The molecule has 4 nitrogen and oxygen atoms in total. The molecule has 0 bridgehead atoms. The monoisotopic (exact) mass is 331 g/mol. The molecule has 2 aromatic carbocycles. The molecule has 122 valence electrons. The summed E-state index contributed by atoms with van der Waals surface area (Å²) in [6, 6.07) is 16.6. The number of anilines is 1. The molecule has 23 heavy (non-hydrogen) atoms. The van der Waals surface area contributed by atoms with E-state index < -0.39 is 10.8 Å². The summed E-state index contributed by atoms with van der Waals surface area (Å²) < 4.78 is 18.0. The highest BCUT2D eigenvalue weighted by Crippen LogP contribution is 2.21. The minimum absolute atomic E-state index is 0.0368. The summed E-state index contributed by atoms with van der Waals surface area (Å²) in [4.78, 5) is 11.9. The molecule has 1 N–H and O–H groups in total. The van der Waals surface area contributed by atoms with Gasteiger partial charge in [0.05, 0.1) is 11.9 Å². The second-order valence-electron chi connectivity index (χ2n) is 5.42. The summed E-state index contributed by atoms with van der Waals surface area (Å²) in [6.45, 7) is 3.89. The zero-order chi connectivity index (χ0) is 16.7. The van der Waals surface area contributed by atoms with E-state index in [1.54, 1.807) is 12.1 Å². The summed E-state index contributed by atoms with van der Waals surface area (Å²) in [6.07, 6.45) is 0.0472. The lowest BCUT2D eigenvalue weighted by atomic mass is 10.2. The Balaban J connectivity index is 1.93. The molecule has 0 unspecified atom stereocenters. The van der Waals surface area contributed by atoms with Crippen molar-refractivity contribution in [3.05, 3.63) is 60.2 Å². The number of hydrogen-bond acceptors (Lipinski definition) is 3.